The Labute approximate surface area is 190 Å². The number of nitrogens with zero attached hydrogens (tertiary/aromatic N) is 3. The van der Waals surface area contributed by atoms with Crippen molar-refractivity contribution in [2.24, 2.45) is 0 Å². The molecular weight excluding hydrogens is 456 g/mol. The first-order valence-corrected chi connectivity index (χ1v) is 12.3. The van der Waals surface area contributed by atoms with Crippen molar-refractivity contribution < 1.29 is 13.2 Å². The Balaban J connectivity index is 1.80. The SMILES string of the molecule is CCSc1ncc(Cl)c(C(=O)Nc2ccc(S(=O)(=O)N(CC)c3ccccc3)cc2)n1. The third kappa shape index (κ3) is 5.36. The number of halogens is 1. The first-order chi connectivity index (χ1) is 14.9. The van der Waals surface area contributed by atoms with Crippen LogP contribution in [-0.2, 0) is 10.0 Å². The van der Waals surface area contributed by atoms with Gasteiger partial charge in [-0.3, -0.25) is 9.10 Å². The summed E-state index contributed by atoms with van der Waals surface area (Å²) in [7, 11) is -3.74. The molecule has 0 bridgehead atoms. The van der Waals surface area contributed by atoms with Crippen molar-refractivity contribution >= 4 is 50.7 Å². The van der Waals surface area contributed by atoms with Crippen molar-refractivity contribution in [1.82, 2.24) is 9.97 Å². The summed E-state index contributed by atoms with van der Waals surface area (Å²) in [5, 5.41) is 3.29. The highest BCUT2D eigenvalue weighted by atomic mass is 35.5. The number of anilines is 2. The molecule has 0 atom stereocenters. The van der Waals surface area contributed by atoms with E-state index in [-0.39, 0.29) is 22.2 Å². The van der Waals surface area contributed by atoms with Crippen molar-refractivity contribution in [2.45, 2.75) is 23.9 Å². The molecule has 0 fully saturated rings. The summed E-state index contributed by atoms with van der Waals surface area (Å²) in [5.41, 5.74) is 1.07. The summed E-state index contributed by atoms with van der Waals surface area (Å²) in [4.78, 5) is 21.0. The van der Waals surface area contributed by atoms with E-state index < -0.39 is 15.9 Å². The zero-order chi connectivity index (χ0) is 22.4. The highest BCUT2D eigenvalue weighted by Crippen LogP contribution is 2.25. The number of hydrogen-bond acceptors (Lipinski definition) is 6. The Bertz CT molecular complexity index is 1160. The van der Waals surface area contributed by atoms with E-state index in [0.717, 1.165) is 5.75 Å². The van der Waals surface area contributed by atoms with Crippen LogP contribution in [0.3, 0.4) is 0 Å². The molecule has 31 heavy (non-hydrogen) atoms. The van der Waals surface area contributed by atoms with Crippen molar-refractivity contribution in [3.8, 4) is 0 Å². The maximum atomic E-state index is 13.1. The molecule has 7 nitrogen and oxygen atoms in total. The summed E-state index contributed by atoms with van der Waals surface area (Å²) < 4.78 is 27.5. The van der Waals surface area contributed by atoms with Gasteiger partial charge in [0.25, 0.3) is 15.9 Å². The highest BCUT2D eigenvalue weighted by molar-refractivity contribution is 7.99. The van der Waals surface area contributed by atoms with Gasteiger partial charge in [0.15, 0.2) is 10.9 Å². The summed E-state index contributed by atoms with van der Waals surface area (Å²) in [6, 6.07) is 14.9. The average molecular weight is 477 g/mol. The lowest BCUT2D eigenvalue weighted by atomic mass is 10.3. The molecule has 162 valence electrons. The second-order valence-corrected chi connectivity index (χ2v) is 9.77. The number of amides is 1. The van der Waals surface area contributed by atoms with Crippen LogP contribution in [0.15, 0.2) is 70.8 Å². The van der Waals surface area contributed by atoms with Crippen LogP contribution in [0.25, 0.3) is 0 Å². The number of thioether (sulfide) groups is 1. The molecule has 10 heteroatoms. The Morgan fingerprint density at radius 2 is 1.77 bits per heavy atom. The van der Waals surface area contributed by atoms with Crippen LogP contribution in [-0.4, -0.2) is 36.6 Å². The standard InChI is InChI=1S/C21H21ClN4O3S2/c1-3-26(16-8-6-5-7-9-16)31(28,29)17-12-10-15(11-13-17)24-20(27)19-18(22)14-23-21(25-19)30-4-2/h5-14H,3-4H2,1-2H3,(H,24,27). The smallest absolute Gasteiger partial charge is 0.275 e. The number of aromatic nitrogens is 2. The second-order valence-electron chi connectivity index (χ2n) is 6.27. The van der Waals surface area contributed by atoms with Crippen LogP contribution >= 0.6 is 23.4 Å². The topological polar surface area (TPSA) is 92.3 Å². The third-order valence-electron chi connectivity index (χ3n) is 4.24. The first-order valence-electron chi connectivity index (χ1n) is 9.51. The Hall–Kier alpha value is -2.62. The monoisotopic (exact) mass is 476 g/mol. The number of nitrogens with one attached hydrogen (secondary N) is 1. The minimum Gasteiger partial charge on any atom is -0.321 e. The molecule has 0 radical (unpaired) electrons. The molecule has 2 aromatic carbocycles. The minimum absolute atomic E-state index is 0.0607. The Morgan fingerprint density at radius 1 is 1.10 bits per heavy atom. The number of carbonyl (C=O) groups is 1. The first kappa shape index (κ1) is 23.1. The van der Waals surface area contributed by atoms with E-state index in [9.17, 15) is 13.2 Å². The normalized spacial score (nSPS) is 11.2. The van der Waals surface area contributed by atoms with Gasteiger partial charge in [-0.15, -0.1) is 0 Å². The van der Waals surface area contributed by atoms with E-state index >= 15 is 0 Å². The van der Waals surface area contributed by atoms with Gasteiger partial charge in [0.2, 0.25) is 0 Å². The third-order valence-corrected chi connectivity index (χ3v) is 7.18. The maximum Gasteiger partial charge on any atom is 0.275 e. The van der Waals surface area contributed by atoms with E-state index in [1.54, 1.807) is 31.2 Å². The molecule has 1 amide bonds. The number of hydrogen-bond donors (Lipinski definition) is 1. The van der Waals surface area contributed by atoms with Crippen molar-refractivity contribution in [3.63, 3.8) is 0 Å². The molecule has 0 unspecified atom stereocenters. The second kappa shape index (κ2) is 10.1. The zero-order valence-electron chi connectivity index (χ0n) is 16.9. The van der Waals surface area contributed by atoms with Crippen molar-refractivity contribution in [2.75, 3.05) is 21.9 Å². The van der Waals surface area contributed by atoms with Gasteiger partial charge in [-0.25, -0.2) is 18.4 Å². The lowest BCUT2D eigenvalue weighted by Gasteiger charge is -2.23. The predicted molar refractivity (Wildman–Crippen MR) is 124 cm³/mol. The van der Waals surface area contributed by atoms with Crippen LogP contribution in [0.1, 0.15) is 24.3 Å². The summed E-state index contributed by atoms with van der Waals surface area (Å²) in [6.07, 6.45) is 1.39. The summed E-state index contributed by atoms with van der Waals surface area (Å²) in [6.45, 7) is 4.01. The molecule has 3 aromatic rings. The number of benzene rings is 2. The quantitative estimate of drug-likeness (QED) is 0.374. The highest BCUT2D eigenvalue weighted by Gasteiger charge is 2.23. The van der Waals surface area contributed by atoms with Crippen LogP contribution < -0.4 is 9.62 Å². The molecule has 3 rings (SSSR count). The molecule has 0 spiro atoms. The fourth-order valence-electron chi connectivity index (χ4n) is 2.82. The van der Waals surface area contributed by atoms with Crippen LogP contribution in [0, 0.1) is 0 Å². The molecule has 1 N–H and O–H groups in total. The minimum atomic E-state index is -3.74. The number of carbonyl (C=O) groups excluding carboxylic acids is 1. The van der Waals surface area contributed by atoms with Gasteiger partial charge in [0, 0.05) is 12.2 Å². The molecule has 0 aliphatic heterocycles. The average Bonchev–Trinajstić information content (AvgIpc) is 2.76. The van der Waals surface area contributed by atoms with Crippen molar-refractivity contribution in [1.29, 1.82) is 0 Å². The van der Waals surface area contributed by atoms with Crippen LogP contribution in [0.2, 0.25) is 5.02 Å². The van der Waals surface area contributed by atoms with Crippen molar-refractivity contribution in [3.05, 3.63) is 71.5 Å². The van der Waals surface area contributed by atoms with E-state index in [1.807, 2.05) is 13.0 Å². The molecular formula is C21H21ClN4O3S2. The van der Waals surface area contributed by atoms with Gasteiger partial charge < -0.3 is 5.32 Å². The maximum absolute atomic E-state index is 13.1. The van der Waals surface area contributed by atoms with Gasteiger partial charge >= 0.3 is 0 Å². The summed E-state index contributed by atoms with van der Waals surface area (Å²) in [5.74, 6) is 0.261. The predicted octanol–water partition coefficient (Wildman–Crippen LogP) is 4.71. The Kier molecular flexibility index (Phi) is 7.53. The summed E-state index contributed by atoms with van der Waals surface area (Å²) >= 11 is 7.47. The Morgan fingerprint density at radius 3 is 2.39 bits per heavy atom. The largest absolute Gasteiger partial charge is 0.321 e. The molecule has 1 aromatic heterocycles. The lowest BCUT2D eigenvalue weighted by Crippen LogP contribution is -2.30. The molecule has 0 saturated heterocycles. The van der Waals surface area contributed by atoms with Crippen LogP contribution in [0.5, 0.6) is 0 Å². The number of sulfonamides is 1. The lowest BCUT2D eigenvalue weighted by molar-refractivity contribution is 0.102. The van der Waals surface area contributed by atoms with E-state index in [0.29, 0.717) is 16.5 Å². The van der Waals surface area contributed by atoms with Gasteiger partial charge in [-0.05, 0) is 49.1 Å². The fraction of sp³-hybridized carbons (Fsp3) is 0.190. The molecule has 0 saturated carbocycles. The van der Waals surface area contributed by atoms with E-state index in [2.05, 4.69) is 15.3 Å². The molecule has 1 heterocycles. The van der Waals surface area contributed by atoms with Gasteiger partial charge in [0.1, 0.15) is 0 Å². The van der Waals surface area contributed by atoms with E-state index in [1.165, 1.54) is 46.5 Å². The number of rotatable bonds is 8. The van der Waals surface area contributed by atoms with Gasteiger partial charge in [-0.1, -0.05) is 48.5 Å². The van der Waals surface area contributed by atoms with E-state index in [4.69, 9.17) is 11.6 Å². The number of para-hydroxylation sites is 1. The molecule has 0 aliphatic rings. The fourth-order valence-corrected chi connectivity index (χ4v) is 5.01. The van der Waals surface area contributed by atoms with Gasteiger partial charge in [0.05, 0.1) is 21.8 Å². The zero-order valence-corrected chi connectivity index (χ0v) is 19.3. The molecule has 0 aliphatic carbocycles. The van der Waals surface area contributed by atoms with Crippen LogP contribution in [0.4, 0.5) is 11.4 Å². The van der Waals surface area contributed by atoms with Gasteiger partial charge in [-0.2, -0.15) is 0 Å².